The molecule has 0 aromatic heterocycles. The van der Waals surface area contributed by atoms with Crippen LogP contribution < -0.4 is 9.80 Å². The highest BCUT2D eigenvalue weighted by atomic mass is 16.3. The van der Waals surface area contributed by atoms with E-state index in [1.807, 2.05) is 6.07 Å². The van der Waals surface area contributed by atoms with E-state index in [2.05, 4.69) is 101 Å². The van der Waals surface area contributed by atoms with Gasteiger partial charge >= 0.3 is 0 Å². The monoisotopic (exact) mass is 606 g/mol. The minimum absolute atomic E-state index is 0. The van der Waals surface area contributed by atoms with Gasteiger partial charge in [0.1, 0.15) is 23.6 Å². The van der Waals surface area contributed by atoms with Gasteiger partial charge in [0.25, 0.3) is 0 Å². The van der Waals surface area contributed by atoms with Crippen molar-refractivity contribution in [3.05, 3.63) is 82.4 Å². The first kappa shape index (κ1) is 37.0. The van der Waals surface area contributed by atoms with Crippen LogP contribution in [-0.4, -0.2) is 99.7 Å². The van der Waals surface area contributed by atoms with Gasteiger partial charge in [-0.05, 0) is 59.5 Å². The van der Waals surface area contributed by atoms with E-state index in [0.29, 0.717) is 30.5 Å². The highest BCUT2D eigenvalue weighted by Crippen LogP contribution is 2.36. The molecule has 0 saturated carbocycles. The fourth-order valence-corrected chi connectivity index (χ4v) is 6.52. The number of rotatable bonds is 8. The molecular weight excluding hydrogens is 544 g/mol. The van der Waals surface area contributed by atoms with Crippen LogP contribution in [0.15, 0.2) is 54.6 Å². The minimum Gasteiger partial charge on any atom is -0.507 e. The number of nitrogens with zero attached hydrogens (tertiary/aromatic N) is 4. The Kier molecular flexibility index (Phi) is 12.0. The van der Waals surface area contributed by atoms with Crippen LogP contribution in [0, 0.1) is 6.92 Å². The van der Waals surface area contributed by atoms with Crippen molar-refractivity contribution in [2.45, 2.75) is 67.0 Å². The molecule has 6 nitrogen and oxygen atoms in total. The van der Waals surface area contributed by atoms with Crippen molar-refractivity contribution >= 4 is 11.4 Å². The zero-order valence-electron chi connectivity index (χ0n) is 26.2. The first-order valence-corrected chi connectivity index (χ1v) is 15.1. The van der Waals surface area contributed by atoms with Crippen molar-refractivity contribution in [3.63, 3.8) is 0 Å². The van der Waals surface area contributed by atoms with Gasteiger partial charge in [-0.3, -0.25) is 0 Å². The predicted octanol–water partition coefficient (Wildman–Crippen LogP) is 7.07. The lowest BCUT2D eigenvalue weighted by molar-refractivity contribution is -0.893. The first-order chi connectivity index (χ1) is 19.3. The summed E-state index contributed by atoms with van der Waals surface area (Å²) in [6.07, 6.45) is 3.69. The van der Waals surface area contributed by atoms with Crippen molar-refractivity contribution in [2.75, 3.05) is 78.3 Å². The molecule has 0 amide bonds. The number of benzene rings is 3. The summed E-state index contributed by atoms with van der Waals surface area (Å²) in [5, 5.41) is 21.8. The number of likely N-dealkylation sites (N-methyl/N-ethyl adjacent to an activating group) is 2. The molecule has 0 radical (unpaired) electrons. The molecule has 6 heteroatoms. The Morgan fingerprint density at radius 2 is 0.955 bits per heavy atom. The average Bonchev–Trinajstić information content (AvgIpc) is 3.62. The van der Waals surface area contributed by atoms with Crippen LogP contribution in [0.2, 0.25) is 0 Å². The van der Waals surface area contributed by atoms with E-state index in [1.54, 1.807) is 6.92 Å². The molecule has 2 saturated heterocycles. The SMILES string of the molecule is C.C.C.Cc1c(O)c(Cc2ccc(N3CCC([N+](C)(C)C)C3)cc2)cc(Cc2ccc(N3CCC([N+](C)(C)C)C3)cc2)c1O. The van der Waals surface area contributed by atoms with Crippen molar-refractivity contribution in [1.29, 1.82) is 0 Å². The molecule has 244 valence electrons. The second kappa shape index (κ2) is 14.3. The Balaban J connectivity index is 0.00000225. The lowest BCUT2D eigenvalue weighted by atomic mass is 9.94. The van der Waals surface area contributed by atoms with E-state index in [0.717, 1.165) is 57.4 Å². The number of hydrogen-bond acceptors (Lipinski definition) is 4. The second-order valence-corrected chi connectivity index (χ2v) is 14.2. The molecule has 2 fully saturated rings. The van der Waals surface area contributed by atoms with E-state index in [1.165, 1.54) is 24.2 Å². The van der Waals surface area contributed by atoms with Gasteiger partial charge in [-0.25, -0.2) is 0 Å². The molecule has 0 aliphatic carbocycles. The molecule has 0 bridgehead atoms. The summed E-state index contributed by atoms with van der Waals surface area (Å²) < 4.78 is 1.99. The van der Waals surface area contributed by atoms with Gasteiger partial charge < -0.3 is 29.0 Å². The molecule has 5 rings (SSSR count). The zero-order chi connectivity index (χ0) is 29.5. The van der Waals surface area contributed by atoms with Crippen molar-refractivity contribution in [2.24, 2.45) is 0 Å². The van der Waals surface area contributed by atoms with Gasteiger partial charge in [0, 0.05) is 55.7 Å². The zero-order valence-corrected chi connectivity index (χ0v) is 26.2. The van der Waals surface area contributed by atoms with Crippen LogP contribution in [0.5, 0.6) is 11.5 Å². The van der Waals surface area contributed by atoms with Crippen LogP contribution in [0.3, 0.4) is 0 Å². The van der Waals surface area contributed by atoms with Crippen molar-refractivity contribution in [3.8, 4) is 11.5 Å². The molecule has 2 N–H and O–H groups in total. The Labute approximate surface area is 269 Å². The predicted molar refractivity (Wildman–Crippen MR) is 190 cm³/mol. The van der Waals surface area contributed by atoms with Crippen LogP contribution >= 0.6 is 0 Å². The van der Waals surface area contributed by atoms with E-state index < -0.39 is 0 Å². The Morgan fingerprint density at radius 1 is 0.614 bits per heavy atom. The van der Waals surface area contributed by atoms with Gasteiger partial charge in [-0.2, -0.15) is 0 Å². The maximum atomic E-state index is 10.9. The van der Waals surface area contributed by atoms with Crippen LogP contribution in [0.4, 0.5) is 11.4 Å². The molecule has 2 atom stereocenters. The number of quaternary nitrogens is 2. The fourth-order valence-electron chi connectivity index (χ4n) is 6.52. The highest BCUT2D eigenvalue weighted by Gasteiger charge is 2.33. The van der Waals surface area contributed by atoms with Crippen molar-refractivity contribution in [1.82, 2.24) is 0 Å². The molecule has 3 aromatic rings. The van der Waals surface area contributed by atoms with Crippen LogP contribution in [0.1, 0.15) is 62.9 Å². The lowest BCUT2D eigenvalue weighted by Gasteiger charge is -2.31. The van der Waals surface area contributed by atoms with Gasteiger partial charge in [0.15, 0.2) is 0 Å². The molecular formula is C38H62N4O2+2. The number of aromatic hydroxyl groups is 2. The van der Waals surface area contributed by atoms with Crippen molar-refractivity contribution < 1.29 is 19.2 Å². The maximum absolute atomic E-state index is 10.9. The molecule has 3 aromatic carbocycles. The van der Waals surface area contributed by atoms with Gasteiger partial charge in [-0.1, -0.05) is 46.5 Å². The third kappa shape index (κ3) is 8.08. The first-order valence-electron chi connectivity index (χ1n) is 15.1. The molecule has 2 heterocycles. The summed E-state index contributed by atoms with van der Waals surface area (Å²) in [5.74, 6) is 0.383. The molecule has 2 aliphatic rings. The second-order valence-electron chi connectivity index (χ2n) is 14.2. The standard InChI is InChI=1S/C35H48N4O2.3CH4/c1-25-34(40)28(20-26-8-12-30(13-9-26)36-18-16-32(23-36)38(2,3)4)22-29(35(25)41)21-27-10-14-31(15-11-27)37-19-17-33(24-37)39(5,6)7;;;/h8-15,22,32-33H,16-21,23-24H2,1-7H3;3*1H4/p+2. The summed E-state index contributed by atoms with van der Waals surface area (Å²) in [4.78, 5) is 4.96. The third-order valence-electron chi connectivity index (χ3n) is 9.58. The smallest absolute Gasteiger partial charge is 0.125 e. The quantitative estimate of drug-likeness (QED) is 0.270. The Bertz CT molecular complexity index is 1250. The van der Waals surface area contributed by atoms with Gasteiger partial charge in [-0.15, -0.1) is 0 Å². The van der Waals surface area contributed by atoms with E-state index in [4.69, 9.17) is 0 Å². The van der Waals surface area contributed by atoms with Crippen LogP contribution in [-0.2, 0) is 12.8 Å². The summed E-state index contributed by atoms with van der Waals surface area (Å²) >= 11 is 0. The summed E-state index contributed by atoms with van der Waals surface area (Å²) in [6.45, 7) is 6.16. The van der Waals surface area contributed by atoms with E-state index in [9.17, 15) is 10.2 Å². The number of hydrogen-bond donors (Lipinski definition) is 2. The average molecular weight is 607 g/mol. The molecule has 2 unspecified atom stereocenters. The molecule has 0 spiro atoms. The summed E-state index contributed by atoms with van der Waals surface area (Å²) in [7, 11) is 13.7. The van der Waals surface area contributed by atoms with Crippen LogP contribution in [0.25, 0.3) is 0 Å². The number of phenols is 2. The molecule has 2 aliphatic heterocycles. The number of anilines is 2. The highest BCUT2D eigenvalue weighted by molar-refractivity contribution is 5.56. The minimum atomic E-state index is 0. The summed E-state index contributed by atoms with van der Waals surface area (Å²) in [5.41, 5.74) is 7.11. The molecule has 44 heavy (non-hydrogen) atoms. The third-order valence-corrected chi connectivity index (χ3v) is 9.58. The maximum Gasteiger partial charge on any atom is 0.125 e. The largest absolute Gasteiger partial charge is 0.507 e. The summed E-state index contributed by atoms with van der Waals surface area (Å²) in [6, 6.07) is 20.8. The van der Waals surface area contributed by atoms with E-state index in [-0.39, 0.29) is 33.8 Å². The lowest BCUT2D eigenvalue weighted by Crippen LogP contribution is -2.46. The van der Waals surface area contributed by atoms with Gasteiger partial charge in [0.05, 0.1) is 55.4 Å². The topological polar surface area (TPSA) is 46.9 Å². The Morgan fingerprint density at radius 3 is 1.25 bits per heavy atom. The Hall–Kier alpha value is -3.22. The van der Waals surface area contributed by atoms with E-state index >= 15 is 0 Å². The number of phenolic OH excluding ortho intramolecular Hbond substituents is 2. The van der Waals surface area contributed by atoms with Gasteiger partial charge in [0.2, 0.25) is 0 Å². The fraction of sp³-hybridized carbons (Fsp3) is 0.526. The normalized spacial score (nSPS) is 18.4.